The van der Waals surface area contributed by atoms with Gasteiger partial charge in [0.25, 0.3) is 5.91 Å². The summed E-state index contributed by atoms with van der Waals surface area (Å²) in [5, 5.41) is 2.80. The second-order valence-corrected chi connectivity index (χ2v) is 8.62. The summed E-state index contributed by atoms with van der Waals surface area (Å²) in [5.41, 5.74) is 3.03. The Bertz CT molecular complexity index is 709. The number of carbonyl (C=O) groups excluding carboxylic acids is 1. The summed E-state index contributed by atoms with van der Waals surface area (Å²) < 4.78 is 25.4. The Balaban J connectivity index is 1.84. The predicted octanol–water partition coefficient (Wildman–Crippen LogP) is 2.88. The molecule has 0 aromatic heterocycles. The number of carbonyl (C=O) groups is 1. The van der Waals surface area contributed by atoms with Crippen molar-refractivity contribution in [2.45, 2.75) is 39.0 Å². The van der Waals surface area contributed by atoms with E-state index in [-0.39, 0.29) is 5.91 Å². The molecule has 0 spiro atoms. The van der Waals surface area contributed by atoms with Gasteiger partial charge in [-0.15, -0.1) is 0 Å². The highest BCUT2D eigenvalue weighted by atomic mass is 32.2. The van der Waals surface area contributed by atoms with Crippen LogP contribution in [0.4, 0.5) is 0 Å². The number of benzene rings is 1. The van der Waals surface area contributed by atoms with Crippen LogP contribution in [-0.4, -0.2) is 44.5 Å². The van der Waals surface area contributed by atoms with Gasteiger partial charge in [0.15, 0.2) is 0 Å². The van der Waals surface area contributed by atoms with Crippen molar-refractivity contribution in [2.75, 3.05) is 25.9 Å². The van der Waals surface area contributed by atoms with E-state index in [2.05, 4.69) is 11.4 Å². The first-order chi connectivity index (χ1) is 11.9. The van der Waals surface area contributed by atoms with Crippen molar-refractivity contribution < 1.29 is 13.2 Å². The van der Waals surface area contributed by atoms with Crippen LogP contribution in [-0.2, 0) is 10.0 Å². The molecule has 0 aliphatic heterocycles. The van der Waals surface area contributed by atoms with E-state index in [0.29, 0.717) is 25.2 Å². The van der Waals surface area contributed by atoms with E-state index in [1.54, 1.807) is 12.1 Å². The SMILES string of the molecule is Cc1ccc(C(=O)NCCN(CCC2=CCCCC2)S(C)(=O)=O)cc1. The first-order valence-electron chi connectivity index (χ1n) is 8.84. The number of aryl methyl sites for hydroxylation is 1. The third kappa shape index (κ3) is 6.63. The zero-order valence-corrected chi connectivity index (χ0v) is 15.9. The molecule has 0 fully saturated rings. The summed E-state index contributed by atoms with van der Waals surface area (Å²) in [6, 6.07) is 7.31. The molecule has 5 nitrogen and oxygen atoms in total. The molecule has 0 heterocycles. The number of allylic oxidation sites excluding steroid dienone is 1. The second-order valence-electron chi connectivity index (χ2n) is 6.64. The Kier molecular flexibility index (Phi) is 7.20. The lowest BCUT2D eigenvalue weighted by molar-refractivity contribution is 0.0951. The largest absolute Gasteiger partial charge is 0.351 e. The summed E-state index contributed by atoms with van der Waals surface area (Å²) in [6.45, 7) is 3.04. The summed E-state index contributed by atoms with van der Waals surface area (Å²) in [7, 11) is -3.28. The van der Waals surface area contributed by atoms with Gasteiger partial charge in [0.1, 0.15) is 0 Å². The van der Waals surface area contributed by atoms with Gasteiger partial charge in [0.2, 0.25) is 10.0 Å². The Hall–Kier alpha value is -1.66. The molecule has 1 aromatic rings. The standard InChI is InChI=1S/C19H28N2O3S/c1-16-8-10-18(11-9-16)19(22)20-13-15-21(25(2,23)24)14-12-17-6-4-3-5-7-17/h6,8-11H,3-5,7,12-15H2,1-2H3,(H,20,22). The van der Waals surface area contributed by atoms with Crippen LogP contribution < -0.4 is 5.32 Å². The monoisotopic (exact) mass is 364 g/mol. The number of hydrogen-bond donors (Lipinski definition) is 1. The Morgan fingerprint density at radius 2 is 1.88 bits per heavy atom. The highest BCUT2D eigenvalue weighted by Gasteiger charge is 2.17. The van der Waals surface area contributed by atoms with Crippen molar-refractivity contribution in [3.05, 3.63) is 47.0 Å². The zero-order valence-electron chi connectivity index (χ0n) is 15.1. The van der Waals surface area contributed by atoms with Gasteiger partial charge in [0, 0.05) is 25.2 Å². The maximum atomic E-state index is 12.1. The molecular weight excluding hydrogens is 336 g/mol. The molecule has 1 N–H and O–H groups in total. The van der Waals surface area contributed by atoms with E-state index in [0.717, 1.165) is 24.8 Å². The summed E-state index contributed by atoms with van der Waals surface area (Å²) >= 11 is 0. The van der Waals surface area contributed by atoms with Crippen molar-refractivity contribution in [1.82, 2.24) is 9.62 Å². The molecule has 0 atom stereocenters. The first kappa shape index (κ1) is 19.7. The fourth-order valence-corrected chi connectivity index (χ4v) is 3.79. The molecule has 6 heteroatoms. The quantitative estimate of drug-likeness (QED) is 0.721. The molecule has 1 aromatic carbocycles. The molecule has 1 amide bonds. The lowest BCUT2D eigenvalue weighted by Crippen LogP contribution is -2.38. The van der Waals surface area contributed by atoms with Crippen LogP contribution >= 0.6 is 0 Å². The van der Waals surface area contributed by atoms with Gasteiger partial charge in [-0.3, -0.25) is 4.79 Å². The fraction of sp³-hybridized carbons (Fsp3) is 0.526. The van der Waals surface area contributed by atoms with Gasteiger partial charge in [-0.1, -0.05) is 29.3 Å². The number of nitrogens with zero attached hydrogens (tertiary/aromatic N) is 1. The lowest BCUT2D eigenvalue weighted by atomic mass is 9.97. The number of rotatable bonds is 8. The lowest BCUT2D eigenvalue weighted by Gasteiger charge is -2.22. The zero-order chi connectivity index (χ0) is 18.3. The molecule has 138 valence electrons. The predicted molar refractivity (Wildman–Crippen MR) is 101 cm³/mol. The van der Waals surface area contributed by atoms with Gasteiger partial charge in [-0.25, -0.2) is 12.7 Å². The molecule has 1 aliphatic carbocycles. The Morgan fingerprint density at radius 3 is 2.48 bits per heavy atom. The topological polar surface area (TPSA) is 66.5 Å². The van der Waals surface area contributed by atoms with E-state index in [4.69, 9.17) is 0 Å². The smallest absolute Gasteiger partial charge is 0.251 e. The average Bonchev–Trinajstić information content (AvgIpc) is 2.58. The molecule has 0 saturated carbocycles. The minimum Gasteiger partial charge on any atom is -0.351 e. The molecule has 0 bridgehead atoms. The van der Waals surface area contributed by atoms with Crippen molar-refractivity contribution in [3.63, 3.8) is 0 Å². The van der Waals surface area contributed by atoms with E-state index >= 15 is 0 Å². The van der Waals surface area contributed by atoms with Crippen molar-refractivity contribution >= 4 is 15.9 Å². The maximum Gasteiger partial charge on any atom is 0.251 e. The van der Waals surface area contributed by atoms with Crippen LogP contribution in [0.1, 0.15) is 48.0 Å². The van der Waals surface area contributed by atoms with Crippen LogP contribution in [0.3, 0.4) is 0 Å². The maximum absolute atomic E-state index is 12.1. The van der Waals surface area contributed by atoms with Crippen LogP contribution in [0.25, 0.3) is 0 Å². The van der Waals surface area contributed by atoms with E-state index < -0.39 is 10.0 Å². The summed E-state index contributed by atoms with van der Waals surface area (Å²) in [6.07, 6.45) is 8.83. The van der Waals surface area contributed by atoms with Crippen LogP contribution in [0, 0.1) is 6.92 Å². The third-order valence-electron chi connectivity index (χ3n) is 4.50. The second kappa shape index (κ2) is 9.15. The van der Waals surface area contributed by atoms with Gasteiger partial charge < -0.3 is 5.32 Å². The molecule has 0 saturated heterocycles. The van der Waals surface area contributed by atoms with E-state index in [1.807, 2.05) is 19.1 Å². The van der Waals surface area contributed by atoms with Crippen molar-refractivity contribution in [3.8, 4) is 0 Å². The molecular formula is C19H28N2O3S. The van der Waals surface area contributed by atoms with Crippen molar-refractivity contribution in [1.29, 1.82) is 0 Å². The minimum atomic E-state index is -3.28. The highest BCUT2D eigenvalue weighted by Crippen LogP contribution is 2.20. The van der Waals surface area contributed by atoms with Crippen LogP contribution in [0.5, 0.6) is 0 Å². The number of sulfonamides is 1. The third-order valence-corrected chi connectivity index (χ3v) is 5.80. The van der Waals surface area contributed by atoms with Gasteiger partial charge in [0.05, 0.1) is 6.26 Å². The average molecular weight is 365 g/mol. The van der Waals surface area contributed by atoms with Gasteiger partial charge >= 0.3 is 0 Å². The van der Waals surface area contributed by atoms with Crippen LogP contribution in [0.2, 0.25) is 0 Å². The minimum absolute atomic E-state index is 0.177. The Labute approximate surface area is 151 Å². The van der Waals surface area contributed by atoms with Gasteiger partial charge in [-0.2, -0.15) is 0 Å². The Morgan fingerprint density at radius 1 is 1.16 bits per heavy atom. The van der Waals surface area contributed by atoms with E-state index in [9.17, 15) is 13.2 Å². The fourth-order valence-electron chi connectivity index (χ4n) is 2.94. The summed E-state index contributed by atoms with van der Waals surface area (Å²) in [5.74, 6) is -0.177. The number of hydrogen-bond acceptors (Lipinski definition) is 3. The molecule has 25 heavy (non-hydrogen) atoms. The first-order valence-corrected chi connectivity index (χ1v) is 10.7. The van der Waals surface area contributed by atoms with Gasteiger partial charge in [-0.05, 0) is 51.2 Å². The molecule has 2 rings (SSSR count). The molecule has 0 radical (unpaired) electrons. The normalized spacial score (nSPS) is 15.1. The number of nitrogens with one attached hydrogen (secondary N) is 1. The van der Waals surface area contributed by atoms with Crippen molar-refractivity contribution in [2.24, 2.45) is 0 Å². The highest BCUT2D eigenvalue weighted by molar-refractivity contribution is 7.88. The summed E-state index contributed by atoms with van der Waals surface area (Å²) in [4.78, 5) is 12.1. The van der Waals surface area contributed by atoms with Crippen LogP contribution in [0.15, 0.2) is 35.9 Å². The molecule has 0 unspecified atom stereocenters. The van der Waals surface area contributed by atoms with E-state index in [1.165, 1.54) is 29.0 Å². The molecule has 1 aliphatic rings. The number of amides is 1.